The average Bonchev–Trinajstić information content (AvgIpc) is 2.42. The molecule has 3 nitrogen and oxygen atoms in total. The van der Waals surface area contributed by atoms with Crippen LogP contribution in [0.1, 0.15) is 29.8 Å². The Kier molecular flexibility index (Phi) is 4.86. The second kappa shape index (κ2) is 6.64. The van der Waals surface area contributed by atoms with Gasteiger partial charge in [0.25, 0.3) is 5.91 Å². The second-order valence-electron chi connectivity index (χ2n) is 5.08. The fourth-order valence-electron chi connectivity index (χ4n) is 1.97. The smallest absolute Gasteiger partial charge is 0.259 e. The van der Waals surface area contributed by atoms with Crippen LogP contribution in [0.5, 0.6) is 5.75 Å². The van der Waals surface area contributed by atoms with Gasteiger partial charge in [0.2, 0.25) is 0 Å². The summed E-state index contributed by atoms with van der Waals surface area (Å²) in [6.45, 7) is 5.76. The molecule has 0 saturated heterocycles. The van der Waals surface area contributed by atoms with Crippen molar-refractivity contribution >= 4 is 23.2 Å². The van der Waals surface area contributed by atoms with Gasteiger partial charge in [0.1, 0.15) is 5.75 Å². The lowest BCUT2D eigenvalue weighted by Gasteiger charge is -2.14. The molecule has 21 heavy (non-hydrogen) atoms. The first kappa shape index (κ1) is 15.4. The second-order valence-corrected chi connectivity index (χ2v) is 5.51. The summed E-state index contributed by atoms with van der Waals surface area (Å²) in [5, 5.41) is 3.54. The predicted molar refractivity (Wildman–Crippen MR) is 86.3 cm³/mol. The van der Waals surface area contributed by atoms with Crippen LogP contribution in [0.3, 0.4) is 0 Å². The van der Waals surface area contributed by atoms with Crippen molar-refractivity contribution in [1.29, 1.82) is 0 Å². The van der Waals surface area contributed by atoms with Gasteiger partial charge in [-0.3, -0.25) is 4.79 Å². The van der Waals surface area contributed by atoms with E-state index in [0.29, 0.717) is 16.3 Å². The minimum absolute atomic E-state index is 0.0104. The van der Waals surface area contributed by atoms with Gasteiger partial charge in [-0.1, -0.05) is 23.7 Å². The highest BCUT2D eigenvalue weighted by Crippen LogP contribution is 2.23. The highest BCUT2D eigenvalue weighted by molar-refractivity contribution is 6.30. The van der Waals surface area contributed by atoms with Gasteiger partial charge < -0.3 is 10.1 Å². The summed E-state index contributed by atoms with van der Waals surface area (Å²) < 4.78 is 5.67. The van der Waals surface area contributed by atoms with Crippen LogP contribution in [0, 0.1) is 6.92 Å². The largest absolute Gasteiger partial charge is 0.490 e. The van der Waals surface area contributed by atoms with E-state index in [4.69, 9.17) is 16.3 Å². The van der Waals surface area contributed by atoms with E-state index in [-0.39, 0.29) is 12.0 Å². The molecule has 0 radical (unpaired) electrons. The molecule has 0 aliphatic heterocycles. The first-order valence-corrected chi connectivity index (χ1v) is 7.18. The summed E-state index contributed by atoms with van der Waals surface area (Å²) in [6.07, 6.45) is 0.0104. The van der Waals surface area contributed by atoms with Gasteiger partial charge in [0.05, 0.1) is 11.7 Å². The van der Waals surface area contributed by atoms with E-state index in [1.165, 1.54) is 0 Å². The number of carbonyl (C=O) groups is 1. The van der Waals surface area contributed by atoms with Gasteiger partial charge in [-0.25, -0.2) is 0 Å². The SMILES string of the molecule is Cc1cc(Cl)ccc1NC(=O)c1ccccc1OC(C)C. The van der Waals surface area contributed by atoms with Crippen molar-refractivity contribution in [2.75, 3.05) is 5.32 Å². The lowest BCUT2D eigenvalue weighted by molar-refractivity contribution is 0.102. The quantitative estimate of drug-likeness (QED) is 0.890. The maximum absolute atomic E-state index is 12.4. The number of carbonyl (C=O) groups excluding carboxylic acids is 1. The zero-order chi connectivity index (χ0) is 15.4. The highest BCUT2D eigenvalue weighted by atomic mass is 35.5. The maximum atomic E-state index is 12.4. The van der Waals surface area contributed by atoms with Crippen LogP contribution >= 0.6 is 11.6 Å². The Hall–Kier alpha value is -2.00. The molecular weight excluding hydrogens is 286 g/mol. The molecule has 0 aliphatic rings. The number of hydrogen-bond donors (Lipinski definition) is 1. The number of nitrogens with one attached hydrogen (secondary N) is 1. The van der Waals surface area contributed by atoms with Crippen molar-refractivity contribution in [3.63, 3.8) is 0 Å². The van der Waals surface area contributed by atoms with E-state index in [2.05, 4.69) is 5.32 Å². The number of benzene rings is 2. The third-order valence-electron chi connectivity index (χ3n) is 2.93. The van der Waals surface area contributed by atoms with Gasteiger partial charge >= 0.3 is 0 Å². The summed E-state index contributed by atoms with van der Waals surface area (Å²) in [7, 11) is 0. The van der Waals surface area contributed by atoms with Gasteiger partial charge in [-0.2, -0.15) is 0 Å². The minimum atomic E-state index is -0.198. The zero-order valence-electron chi connectivity index (χ0n) is 12.3. The third-order valence-corrected chi connectivity index (χ3v) is 3.17. The van der Waals surface area contributed by atoms with Crippen molar-refractivity contribution in [3.8, 4) is 5.75 Å². The van der Waals surface area contributed by atoms with E-state index in [9.17, 15) is 4.79 Å². The number of para-hydroxylation sites is 1. The standard InChI is InChI=1S/C17H18ClNO2/c1-11(2)21-16-7-5-4-6-14(16)17(20)19-15-9-8-13(18)10-12(15)3/h4-11H,1-3H3,(H,19,20). The fraction of sp³-hybridized carbons (Fsp3) is 0.235. The normalized spacial score (nSPS) is 10.5. The Balaban J connectivity index is 2.24. The molecule has 0 fully saturated rings. The van der Waals surface area contributed by atoms with Gasteiger partial charge in [0.15, 0.2) is 0 Å². The van der Waals surface area contributed by atoms with E-state index in [0.717, 1.165) is 11.3 Å². The molecule has 0 bridgehead atoms. The van der Waals surface area contributed by atoms with Crippen LogP contribution in [0.2, 0.25) is 5.02 Å². The molecular formula is C17H18ClNO2. The van der Waals surface area contributed by atoms with E-state index in [1.807, 2.05) is 39.0 Å². The summed E-state index contributed by atoms with van der Waals surface area (Å²) in [5.41, 5.74) is 2.17. The molecule has 2 aromatic rings. The molecule has 1 N–H and O–H groups in total. The summed E-state index contributed by atoms with van der Waals surface area (Å²) in [6, 6.07) is 12.6. The van der Waals surface area contributed by atoms with E-state index in [1.54, 1.807) is 24.3 Å². The van der Waals surface area contributed by atoms with Crippen molar-refractivity contribution in [3.05, 3.63) is 58.6 Å². The summed E-state index contributed by atoms with van der Waals surface area (Å²) in [5.74, 6) is 0.383. The lowest BCUT2D eigenvalue weighted by Crippen LogP contribution is -2.16. The number of halogens is 1. The average molecular weight is 304 g/mol. The minimum Gasteiger partial charge on any atom is -0.490 e. The Bertz CT molecular complexity index is 653. The first-order chi connectivity index (χ1) is 9.97. The molecule has 0 spiro atoms. The zero-order valence-corrected chi connectivity index (χ0v) is 13.1. The fourth-order valence-corrected chi connectivity index (χ4v) is 2.19. The number of ether oxygens (including phenoxy) is 1. The van der Waals surface area contributed by atoms with Crippen LogP contribution in [0.15, 0.2) is 42.5 Å². The number of hydrogen-bond acceptors (Lipinski definition) is 2. The van der Waals surface area contributed by atoms with Crippen LogP contribution in [-0.2, 0) is 0 Å². The van der Waals surface area contributed by atoms with Gasteiger partial charge in [-0.15, -0.1) is 0 Å². The molecule has 1 amide bonds. The molecule has 0 aromatic heterocycles. The summed E-state index contributed by atoms with van der Waals surface area (Å²) >= 11 is 5.92. The Morgan fingerprint density at radius 1 is 1.19 bits per heavy atom. The summed E-state index contributed by atoms with van der Waals surface area (Å²) in [4.78, 5) is 12.4. The monoisotopic (exact) mass is 303 g/mol. The van der Waals surface area contributed by atoms with Crippen LogP contribution in [0.4, 0.5) is 5.69 Å². The topological polar surface area (TPSA) is 38.3 Å². The molecule has 0 unspecified atom stereocenters. The predicted octanol–water partition coefficient (Wildman–Crippen LogP) is 4.69. The number of amides is 1. The molecule has 4 heteroatoms. The Morgan fingerprint density at radius 2 is 1.90 bits per heavy atom. The van der Waals surface area contributed by atoms with E-state index >= 15 is 0 Å². The van der Waals surface area contributed by atoms with Gasteiger partial charge in [-0.05, 0) is 56.7 Å². The van der Waals surface area contributed by atoms with Crippen molar-refractivity contribution < 1.29 is 9.53 Å². The first-order valence-electron chi connectivity index (χ1n) is 6.80. The van der Waals surface area contributed by atoms with E-state index < -0.39 is 0 Å². The number of rotatable bonds is 4. The van der Waals surface area contributed by atoms with Crippen molar-refractivity contribution in [2.45, 2.75) is 26.9 Å². The van der Waals surface area contributed by atoms with Crippen LogP contribution in [-0.4, -0.2) is 12.0 Å². The van der Waals surface area contributed by atoms with Crippen molar-refractivity contribution in [1.82, 2.24) is 0 Å². The van der Waals surface area contributed by atoms with Gasteiger partial charge in [0, 0.05) is 10.7 Å². The number of anilines is 1. The number of aryl methyl sites for hydroxylation is 1. The molecule has 0 heterocycles. The maximum Gasteiger partial charge on any atom is 0.259 e. The van der Waals surface area contributed by atoms with Crippen LogP contribution in [0.25, 0.3) is 0 Å². The third kappa shape index (κ3) is 3.99. The lowest BCUT2D eigenvalue weighted by atomic mass is 10.1. The molecule has 0 saturated carbocycles. The molecule has 2 aromatic carbocycles. The Labute approximate surface area is 129 Å². The highest BCUT2D eigenvalue weighted by Gasteiger charge is 2.14. The molecule has 2 rings (SSSR count). The van der Waals surface area contributed by atoms with Crippen molar-refractivity contribution in [2.24, 2.45) is 0 Å². The Morgan fingerprint density at radius 3 is 2.57 bits per heavy atom. The molecule has 0 aliphatic carbocycles. The molecule has 0 atom stereocenters. The van der Waals surface area contributed by atoms with Crippen LogP contribution < -0.4 is 10.1 Å². The molecule has 110 valence electrons.